The lowest BCUT2D eigenvalue weighted by atomic mass is 10.3. The third-order valence-corrected chi connectivity index (χ3v) is 4.41. The lowest BCUT2D eigenvalue weighted by Gasteiger charge is -2.19. The topological polar surface area (TPSA) is 72.9 Å². The van der Waals surface area contributed by atoms with Crippen LogP contribution in [0.3, 0.4) is 0 Å². The van der Waals surface area contributed by atoms with Gasteiger partial charge in [-0.2, -0.15) is 0 Å². The minimum absolute atomic E-state index is 0.166. The molecule has 0 aliphatic rings. The monoisotopic (exact) mass is 376 g/mol. The number of guanidine groups is 1. The van der Waals surface area contributed by atoms with Gasteiger partial charge in [0.15, 0.2) is 5.96 Å². The number of anilines is 1. The molecule has 7 heteroatoms. The van der Waals surface area contributed by atoms with Crippen LogP contribution in [0.2, 0.25) is 0 Å². The van der Waals surface area contributed by atoms with E-state index in [0.717, 1.165) is 50.1 Å². The molecule has 0 saturated carbocycles. The van der Waals surface area contributed by atoms with E-state index in [9.17, 15) is 4.79 Å². The van der Waals surface area contributed by atoms with Crippen molar-refractivity contribution in [3.05, 3.63) is 23.9 Å². The second kappa shape index (κ2) is 12.9. The number of nitrogens with one attached hydrogen (secondary N) is 2. The number of carbonyl (C=O) groups is 1. The van der Waals surface area contributed by atoms with Gasteiger partial charge in [0.05, 0.1) is 6.54 Å². The molecule has 0 fully saturated rings. The van der Waals surface area contributed by atoms with Crippen LogP contribution in [-0.2, 0) is 11.3 Å². The average Bonchev–Trinajstić information content (AvgIpc) is 2.69. The van der Waals surface area contributed by atoms with Crippen molar-refractivity contribution in [2.45, 2.75) is 47.6 Å². The zero-order chi connectivity index (χ0) is 20.1. The highest BCUT2D eigenvalue weighted by Crippen LogP contribution is 2.11. The Balaban J connectivity index is 2.59. The fourth-order valence-electron chi connectivity index (χ4n) is 2.78. The van der Waals surface area contributed by atoms with Gasteiger partial charge in [-0.1, -0.05) is 6.07 Å². The predicted octanol–water partition coefficient (Wildman–Crippen LogP) is 2.24. The van der Waals surface area contributed by atoms with Crippen molar-refractivity contribution in [2.75, 3.05) is 44.2 Å². The van der Waals surface area contributed by atoms with Gasteiger partial charge >= 0.3 is 0 Å². The van der Waals surface area contributed by atoms with Crippen LogP contribution in [0.4, 0.5) is 5.82 Å². The molecule has 0 bridgehead atoms. The molecule has 0 aliphatic carbocycles. The number of nitrogens with zero attached hydrogens (tertiary/aromatic N) is 4. The maximum absolute atomic E-state index is 12.1. The molecule has 27 heavy (non-hydrogen) atoms. The summed E-state index contributed by atoms with van der Waals surface area (Å²) in [6, 6.07) is 4.11. The summed E-state index contributed by atoms with van der Waals surface area (Å²) in [6.45, 7) is 15.6. The van der Waals surface area contributed by atoms with Crippen LogP contribution in [0.1, 0.15) is 46.6 Å². The third kappa shape index (κ3) is 7.85. The molecule has 0 aromatic carbocycles. The Morgan fingerprint density at radius 1 is 1.04 bits per heavy atom. The first-order valence-electron chi connectivity index (χ1n) is 10.1. The third-order valence-electron chi connectivity index (χ3n) is 4.41. The molecule has 0 saturated heterocycles. The van der Waals surface area contributed by atoms with Crippen LogP contribution >= 0.6 is 0 Å². The molecule has 1 rings (SSSR count). The van der Waals surface area contributed by atoms with Crippen molar-refractivity contribution in [1.29, 1.82) is 0 Å². The first kappa shape index (κ1) is 22.7. The van der Waals surface area contributed by atoms with Gasteiger partial charge in [0.25, 0.3) is 0 Å². The van der Waals surface area contributed by atoms with E-state index in [1.165, 1.54) is 0 Å². The molecule has 1 aromatic rings. The van der Waals surface area contributed by atoms with Gasteiger partial charge in [0.1, 0.15) is 5.82 Å². The van der Waals surface area contributed by atoms with E-state index in [4.69, 9.17) is 0 Å². The van der Waals surface area contributed by atoms with Crippen molar-refractivity contribution in [3.63, 3.8) is 0 Å². The number of hydrogen-bond donors (Lipinski definition) is 2. The maximum Gasteiger partial charge on any atom is 0.224 e. The molecular formula is C20H36N6O. The summed E-state index contributed by atoms with van der Waals surface area (Å²) in [7, 11) is 0. The Morgan fingerprint density at radius 2 is 1.74 bits per heavy atom. The van der Waals surface area contributed by atoms with Gasteiger partial charge in [0.2, 0.25) is 5.91 Å². The van der Waals surface area contributed by atoms with E-state index in [-0.39, 0.29) is 5.91 Å². The molecule has 0 aliphatic heterocycles. The summed E-state index contributed by atoms with van der Waals surface area (Å²) < 4.78 is 0. The van der Waals surface area contributed by atoms with Crippen LogP contribution in [0.5, 0.6) is 0 Å². The van der Waals surface area contributed by atoms with Crippen LogP contribution < -0.4 is 15.5 Å². The Kier molecular flexibility index (Phi) is 10.9. The van der Waals surface area contributed by atoms with Gasteiger partial charge in [-0.3, -0.25) is 4.79 Å². The molecule has 152 valence electrons. The average molecular weight is 377 g/mol. The van der Waals surface area contributed by atoms with Gasteiger partial charge in [-0.15, -0.1) is 0 Å². The molecule has 2 N–H and O–H groups in total. The van der Waals surface area contributed by atoms with Crippen LogP contribution in [-0.4, -0.2) is 61.0 Å². The van der Waals surface area contributed by atoms with Crippen LogP contribution in [0, 0.1) is 0 Å². The molecule has 0 atom stereocenters. The number of amides is 1. The van der Waals surface area contributed by atoms with Gasteiger partial charge in [-0.05, 0) is 46.2 Å². The van der Waals surface area contributed by atoms with Crippen molar-refractivity contribution >= 4 is 17.7 Å². The standard InChI is InChI=1S/C20H36N6O/c1-6-21-20(22-14-13-19(27)26(9-4)10-5)24-16-17-11-12-18(23-15-17)25(7-2)8-3/h11-12,15H,6-10,13-14,16H2,1-5H3,(H2,21,22,24). The summed E-state index contributed by atoms with van der Waals surface area (Å²) in [5.74, 6) is 1.88. The number of aliphatic imine (C=N–C) groups is 1. The zero-order valence-corrected chi connectivity index (χ0v) is 17.6. The molecule has 7 nitrogen and oxygen atoms in total. The minimum atomic E-state index is 0.166. The maximum atomic E-state index is 12.1. The van der Waals surface area contributed by atoms with E-state index in [2.05, 4.69) is 45.4 Å². The van der Waals surface area contributed by atoms with Crippen molar-refractivity contribution in [1.82, 2.24) is 20.5 Å². The van der Waals surface area contributed by atoms with Crippen molar-refractivity contribution < 1.29 is 4.79 Å². The summed E-state index contributed by atoms with van der Waals surface area (Å²) in [4.78, 5) is 25.3. The van der Waals surface area contributed by atoms with Gasteiger partial charge in [-0.25, -0.2) is 9.98 Å². The minimum Gasteiger partial charge on any atom is -0.357 e. The quantitative estimate of drug-likeness (QED) is 0.458. The molecule has 1 aromatic heterocycles. The van der Waals surface area contributed by atoms with Gasteiger partial charge in [0, 0.05) is 51.9 Å². The van der Waals surface area contributed by atoms with E-state index >= 15 is 0 Å². The molecular weight excluding hydrogens is 340 g/mol. The Hall–Kier alpha value is -2.31. The Labute approximate surface area is 164 Å². The second-order valence-corrected chi connectivity index (χ2v) is 6.13. The Bertz CT molecular complexity index is 564. The fraction of sp³-hybridized carbons (Fsp3) is 0.650. The van der Waals surface area contributed by atoms with E-state index < -0.39 is 0 Å². The number of aromatic nitrogens is 1. The molecule has 0 unspecified atom stereocenters. The van der Waals surface area contributed by atoms with Crippen molar-refractivity contribution in [2.24, 2.45) is 4.99 Å². The lowest BCUT2D eigenvalue weighted by molar-refractivity contribution is -0.130. The van der Waals surface area contributed by atoms with E-state index in [1.807, 2.05) is 37.9 Å². The summed E-state index contributed by atoms with van der Waals surface area (Å²) in [5.41, 5.74) is 1.06. The highest BCUT2D eigenvalue weighted by molar-refractivity contribution is 5.81. The van der Waals surface area contributed by atoms with Crippen molar-refractivity contribution in [3.8, 4) is 0 Å². The summed E-state index contributed by atoms with van der Waals surface area (Å²) in [5, 5.41) is 6.45. The Morgan fingerprint density at radius 3 is 2.26 bits per heavy atom. The number of pyridine rings is 1. The highest BCUT2D eigenvalue weighted by Gasteiger charge is 2.09. The second-order valence-electron chi connectivity index (χ2n) is 6.13. The zero-order valence-electron chi connectivity index (χ0n) is 17.6. The van der Waals surface area contributed by atoms with Crippen LogP contribution in [0.15, 0.2) is 23.3 Å². The first-order valence-corrected chi connectivity index (χ1v) is 10.1. The summed E-state index contributed by atoms with van der Waals surface area (Å²) >= 11 is 0. The highest BCUT2D eigenvalue weighted by atomic mass is 16.2. The number of carbonyl (C=O) groups excluding carboxylic acids is 1. The number of rotatable bonds is 11. The van der Waals surface area contributed by atoms with Gasteiger partial charge < -0.3 is 20.4 Å². The SMILES string of the molecule is CCNC(=NCc1ccc(N(CC)CC)nc1)NCCC(=O)N(CC)CC. The number of hydrogen-bond acceptors (Lipinski definition) is 4. The molecule has 0 spiro atoms. The smallest absolute Gasteiger partial charge is 0.224 e. The predicted molar refractivity (Wildman–Crippen MR) is 113 cm³/mol. The van der Waals surface area contributed by atoms with Crippen LogP contribution in [0.25, 0.3) is 0 Å². The largest absolute Gasteiger partial charge is 0.357 e. The first-order chi connectivity index (χ1) is 13.1. The normalized spacial score (nSPS) is 11.2. The fourth-order valence-corrected chi connectivity index (χ4v) is 2.78. The molecule has 1 heterocycles. The lowest BCUT2D eigenvalue weighted by Crippen LogP contribution is -2.40. The molecule has 1 amide bonds. The van der Waals surface area contributed by atoms with E-state index in [0.29, 0.717) is 19.5 Å². The molecule has 0 radical (unpaired) electrons. The summed E-state index contributed by atoms with van der Waals surface area (Å²) in [6.07, 6.45) is 2.34. The van der Waals surface area contributed by atoms with E-state index in [1.54, 1.807) is 0 Å².